The third kappa shape index (κ3) is 1.49. The fraction of sp³-hybridized carbons (Fsp3) is 0.364. The predicted octanol–water partition coefficient (Wildman–Crippen LogP) is 2.17. The average molecular weight is 208 g/mol. The number of nitrogens with two attached hydrogens (primary N) is 1. The third-order valence-corrected chi connectivity index (χ3v) is 2.96. The van der Waals surface area contributed by atoms with Gasteiger partial charge >= 0.3 is 0 Å². The summed E-state index contributed by atoms with van der Waals surface area (Å²) in [5, 5.41) is 8.64. The van der Waals surface area contributed by atoms with E-state index in [-0.39, 0.29) is 11.1 Å². The lowest BCUT2D eigenvalue weighted by Gasteiger charge is -2.38. The second kappa shape index (κ2) is 3.28. The molecule has 0 saturated heterocycles. The van der Waals surface area contributed by atoms with E-state index in [0.29, 0.717) is 12.8 Å². The smallest absolute Gasteiger partial charge is 0.143 e. The van der Waals surface area contributed by atoms with Crippen LogP contribution in [0, 0.1) is 23.0 Å². The standard InChI is InChI=1S/C11H10F2N2/c12-9-5-10(13)8(4-7(9)6-14)11(15)2-1-3-11/h4-5H,1-3,15H2. The summed E-state index contributed by atoms with van der Waals surface area (Å²) in [5.41, 5.74) is 5.33. The lowest BCUT2D eigenvalue weighted by atomic mass is 9.72. The van der Waals surface area contributed by atoms with Gasteiger partial charge in [-0.1, -0.05) is 0 Å². The monoisotopic (exact) mass is 208 g/mol. The molecule has 0 radical (unpaired) electrons. The van der Waals surface area contributed by atoms with Crippen molar-refractivity contribution in [1.82, 2.24) is 0 Å². The van der Waals surface area contributed by atoms with Crippen molar-refractivity contribution in [3.63, 3.8) is 0 Å². The van der Waals surface area contributed by atoms with E-state index < -0.39 is 17.2 Å². The average Bonchev–Trinajstić information content (AvgIpc) is 2.15. The Labute approximate surface area is 86.3 Å². The van der Waals surface area contributed by atoms with Gasteiger partial charge in [0.1, 0.15) is 17.7 Å². The molecule has 0 spiro atoms. The van der Waals surface area contributed by atoms with E-state index in [1.54, 1.807) is 6.07 Å². The zero-order valence-corrected chi connectivity index (χ0v) is 8.06. The van der Waals surface area contributed by atoms with Crippen molar-refractivity contribution in [2.75, 3.05) is 0 Å². The molecule has 2 N–H and O–H groups in total. The molecule has 0 atom stereocenters. The van der Waals surface area contributed by atoms with Gasteiger partial charge in [-0.05, 0) is 25.3 Å². The molecule has 0 bridgehead atoms. The first-order valence-electron chi connectivity index (χ1n) is 4.75. The van der Waals surface area contributed by atoms with E-state index in [9.17, 15) is 8.78 Å². The van der Waals surface area contributed by atoms with Crippen molar-refractivity contribution < 1.29 is 8.78 Å². The molecule has 0 unspecified atom stereocenters. The summed E-state index contributed by atoms with van der Waals surface area (Å²) in [6.45, 7) is 0. The van der Waals surface area contributed by atoms with Gasteiger partial charge in [0.05, 0.1) is 5.56 Å². The minimum atomic E-state index is -0.832. The van der Waals surface area contributed by atoms with E-state index in [1.165, 1.54) is 6.07 Å². The second-order valence-electron chi connectivity index (χ2n) is 3.93. The van der Waals surface area contributed by atoms with E-state index in [4.69, 9.17) is 11.0 Å². The van der Waals surface area contributed by atoms with Crippen molar-refractivity contribution in [2.45, 2.75) is 24.8 Å². The maximum atomic E-state index is 13.5. The molecule has 0 heterocycles. The molecule has 1 aromatic carbocycles. The molecule has 1 aliphatic rings. The highest BCUT2D eigenvalue weighted by Crippen LogP contribution is 2.40. The lowest BCUT2D eigenvalue weighted by Crippen LogP contribution is -2.44. The molecule has 2 rings (SSSR count). The summed E-state index contributed by atoms with van der Waals surface area (Å²) in [6.07, 6.45) is 2.30. The molecular weight excluding hydrogens is 198 g/mol. The molecule has 2 nitrogen and oxygen atoms in total. The molecule has 0 aliphatic heterocycles. The van der Waals surface area contributed by atoms with Gasteiger partial charge in [0.25, 0.3) is 0 Å². The molecule has 15 heavy (non-hydrogen) atoms. The van der Waals surface area contributed by atoms with Gasteiger partial charge in [0.2, 0.25) is 0 Å². The Morgan fingerprint density at radius 3 is 2.40 bits per heavy atom. The fourth-order valence-electron chi connectivity index (χ4n) is 1.84. The number of nitrogens with zero attached hydrogens (tertiary/aromatic N) is 1. The van der Waals surface area contributed by atoms with Crippen LogP contribution in [-0.2, 0) is 5.54 Å². The quantitative estimate of drug-likeness (QED) is 0.768. The Bertz CT molecular complexity index is 445. The zero-order chi connectivity index (χ0) is 11.1. The minimum Gasteiger partial charge on any atom is -0.321 e. The molecule has 4 heteroatoms. The SMILES string of the molecule is N#Cc1cc(C2(N)CCC2)c(F)cc1F. The third-order valence-electron chi connectivity index (χ3n) is 2.96. The van der Waals surface area contributed by atoms with E-state index >= 15 is 0 Å². The lowest BCUT2D eigenvalue weighted by molar-refractivity contribution is 0.244. The van der Waals surface area contributed by atoms with Crippen LogP contribution in [0.2, 0.25) is 0 Å². The van der Waals surface area contributed by atoms with Crippen LogP contribution in [0.5, 0.6) is 0 Å². The number of nitriles is 1. The van der Waals surface area contributed by atoms with E-state index in [1.807, 2.05) is 0 Å². The van der Waals surface area contributed by atoms with Crippen molar-refractivity contribution in [1.29, 1.82) is 5.26 Å². The van der Waals surface area contributed by atoms with Gasteiger partial charge in [0.15, 0.2) is 0 Å². The Morgan fingerprint density at radius 1 is 1.27 bits per heavy atom. The first kappa shape index (κ1) is 10.1. The summed E-state index contributed by atoms with van der Waals surface area (Å²) >= 11 is 0. The van der Waals surface area contributed by atoms with Gasteiger partial charge in [0, 0.05) is 17.2 Å². The van der Waals surface area contributed by atoms with Crippen LogP contribution in [0.25, 0.3) is 0 Å². The summed E-state index contributed by atoms with van der Waals surface area (Å²) in [7, 11) is 0. The maximum Gasteiger partial charge on any atom is 0.143 e. The number of benzene rings is 1. The van der Waals surface area contributed by atoms with Crippen molar-refractivity contribution >= 4 is 0 Å². The normalized spacial score (nSPS) is 18.0. The molecule has 1 aliphatic carbocycles. The van der Waals surface area contributed by atoms with Gasteiger partial charge in [-0.15, -0.1) is 0 Å². The van der Waals surface area contributed by atoms with E-state index in [2.05, 4.69) is 0 Å². The Kier molecular flexibility index (Phi) is 2.20. The van der Waals surface area contributed by atoms with Gasteiger partial charge in [-0.3, -0.25) is 0 Å². The van der Waals surface area contributed by atoms with Crippen LogP contribution in [0.3, 0.4) is 0 Å². The van der Waals surface area contributed by atoms with Crippen molar-refractivity contribution in [3.05, 3.63) is 34.9 Å². The summed E-state index contributed by atoms with van der Waals surface area (Å²) in [5.74, 6) is -1.49. The highest BCUT2D eigenvalue weighted by molar-refractivity contribution is 5.39. The number of hydrogen-bond acceptors (Lipinski definition) is 2. The number of rotatable bonds is 1. The largest absolute Gasteiger partial charge is 0.321 e. The first-order valence-corrected chi connectivity index (χ1v) is 4.75. The van der Waals surface area contributed by atoms with Crippen LogP contribution in [0.1, 0.15) is 30.4 Å². The minimum absolute atomic E-state index is 0.150. The highest BCUT2D eigenvalue weighted by atomic mass is 19.1. The Morgan fingerprint density at radius 2 is 1.93 bits per heavy atom. The topological polar surface area (TPSA) is 49.8 Å². The Balaban J connectivity index is 2.53. The van der Waals surface area contributed by atoms with Gasteiger partial charge in [-0.2, -0.15) is 5.26 Å². The van der Waals surface area contributed by atoms with Crippen molar-refractivity contribution in [2.24, 2.45) is 5.73 Å². The molecule has 1 aromatic rings. The summed E-state index contributed by atoms with van der Waals surface area (Å²) < 4.78 is 26.5. The van der Waals surface area contributed by atoms with Crippen LogP contribution < -0.4 is 5.73 Å². The second-order valence-corrected chi connectivity index (χ2v) is 3.93. The highest BCUT2D eigenvalue weighted by Gasteiger charge is 2.37. The molecule has 0 aromatic heterocycles. The Hall–Kier alpha value is -1.47. The fourth-order valence-corrected chi connectivity index (χ4v) is 1.84. The molecular formula is C11H10F2N2. The predicted molar refractivity (Wildman–Crippen MR) is 50.8 cm³/mol. The molecule has 78 valence electrons. The zero-order valence-electron chi connectivity index (χ0n) is 8.06. The summed E-state index contributed by atoms with van der Waals surface area (Å²) in [6, 6.07) is 3.65. The van der Waals surface area contributed by atoms with Crippen molar-refractivity contribution in [3.8, 4) is 6.07 Å². The molecule has 1 fully saturated rings. The van der Waals surface area contributed by atoms with Crippen LogP contribution in [0.15, 0.2) is 12.1 Å². The van der Waals surface area contributed by atoms with Gasteiger partial charge < -0.3 is 5.73 Å². The van der Waals surface area contributed by atoms with Crippen LogP contribution >= 0.6 is 0 Å². The first-order chi connectivity index (χ1) is 7.07. The van der Waals surface area contributed by atoms with Crippen LogP contribution in [-0.4, -0.2) is 0 Å². The van der Waals surface area contributed by atoms with E-state index in [0.717, 1.165) is 12.5 Å². The van der Waals surface area contributed by atoms with Gasteiger partial charge in [-0.25, -0.2) is 8.78 Å². The molecule has 1 saturated carbocycles. The molecule has 0 amide bonds. The summed E-state index contributed by atoms with van der Waals surface area (Å²) in [4.78, 5) is 0. The number of halogens is 2. The van der Waals surface area contributed by atoms with Crippen LogP contribution in [0.4, 0.5) is 8.78 Å². The maximum absolute atomic E-state index is 13.5. The number of hydrogen-bond donors (Lipinski definition) is 1.